The highest BCUT2D eigenvalue weighted by atomic mass is 16.2. The number of piperazine rings is 1. The molecule has 0 unspecified atom stereocenters. The summed E-state index contributed by atoms with van der Waals surface area (Å²) in [6, 6.07) is 0.498. The molecule has 3 nitrogen and oxygen atoms in total. The standard InChI is InChI=1S/C10H20N2O/c1-8(2)6-10-7-12(9(3)13)5-4-11-10/h8,10-11H,4-7H2,1-3H3/t10-/m0/s1. The Morgan fingerprint density at radius 3 is 2.85 bits per heavy atom. The molecule has 0 spiro atoms. The Labute approximate surface area is 80.5 Å². The van der Waals surface area contributed by atoms with Gasteiger partial charge in [0, 0.05) is 32.6 Å². The van der Waals surface area contributed by atoms with E-state index in [0.717, 1.165) is 26.1 Å². The maximum atomic E-state index is 11.1. The summed E-state index contributed by atoms with van der Waals surface area (Å²) in [7, 11) is 0. The molecule has 0 bridgehead atoms. The van der Waals surface area contributed by atoms with Gasteiger partial charge >= 0.3 is 0 Å². The zero-order valence-electron chi connectivity index (χ0n) is 8.84. The third kappa shape index (κ3) is 3.35. The highest BCUT2D eigenvalue weighted by molar-refractivity contribution is 5.73. The summed E-state index contributed by atoms with van der Waals surface area (Å²) < 4.78 is 0. The average Bonchev–Trinajstić information content (AvgIpc) is 2.03. The van der Waals surface area contributed by atoms with E-state index in [1.807, 2.05) is 4.90 Å². The fourth-order valence-corrected chi connectivity index (χ4v) is 1.84. The van der Waals surface area contributed by atoms with Crippen LogP contribution >= 0.6 is 0 Å². The van der Waals surface area contributed by atoms with Crippen LogP contribution < -0.4 is 5.32 Å². The van der Waals surface area contributed by atoms with Crippen molar-refractivity contribution in [3.05, 3.63) is 0 Å². The molecule has 0 aromatic carbocycles. The van der Waals surface area contributed by atoms with Crippen LogP contribution in [0.1, 0.15) is 27.2 Å². The summed E-state index contributed by atoms with van der Waals surface area (Å²) in [5.74, 6) is 0.902. The number of hydrogen-bond donors (Lipinski definition) is 1. The monoisotopic (exact) mass is 184 g/mol. The van der Waals surface area contributed by atoms with Crippen LogP contribution in [0.5, 0.6) is 0 Å². The first kappa shape index (κ1) is 10.5. The topological polar surface area (TPSA) is 32.3 Å². The van der Waals surface area contributed by atoms with Crippen LogP contribution in [0.4, 0.5) is 0 Å². The molecule has 1 rings (SSSR count). The molecule has 0 aromatic rings. The van der Waals surface area contributed by atoms with E-state index >= 15 is 0 Å². The molecular formula is C10H20N2O. The van der Waals surface area contributed by atoms with Gasteiger partial charge in [0.05, 0.1) is 0 Å². The van der Waals surface area contributed by atoms with E-state index in [-0.39, 0.29) is 5.91 Å². The number of hydrogen-bond acceptors (Lipinski definition) is 2. The highest BCUT2D eigenvalue weighted by Gasteiger charge is 2.21. The van der Waals surface area contributed by atoms with Gasteiger partial charge in [-0.2, -0.15) is 0 Å². The first-order valence-corrected chi connectivity index (χ1v) is 5.08. The van der Waals surface area contributed by atoms with Crippen LogP contribution in [0.2, 0.25) is 0 Å². The van der Waals surface area contributed by atoms with E-state index in [9.17, 15) is 4.79 Å². The molecule has 13 heavy (non-hydrogen) atoms. The third-order valence-corrected chi connectivity index (χ3v) is 2.46. The largest absolute Gasteiger partial charge is 0.340 e. The number of amides is 1. The van der Waals surface area contributed by atoms with Crippen molar-refractivity contribution in [2.75, 3.05) is 19.6 Å². The third-order valence-electron chi connectivity index (χ3n) is 2.46. The van der Waals surface area contributed by atoms with E-state index in [0.29, 0.717) is 12.0 Å². The lowest BCUT2D eigenvalue weighted by Gasteiger charge is -2.33. The minimum absolute atomic E-state index is 0.204. The quantitative estimate of drug-likeness (QED) is 0.690. The Hall–Kier alpha value is -0.570. The van der Waals surface area contributed by atoms with Crippen LogP contribution in [0, 0.1) is 5.92 Å². The Kier molecular flexibility index (Phi) is 3.72. The maximum absolute atomic E-state index is 11.1. The highest BCUT2D eigenvalue weighted by Crippen LogP contribution is 2.09. The van der Waals surface area contributed by atoms with E-state index in [4.69, 9.17) is 0 Å². The van der Waals surface area contributed by atoms with Crippen molar-refractivity contribution in [3.8, 4) is 0 Å². The average molecular weight is 184 g/mol. The van der Waals surface area contributed by atoms with Crippen molar-refractivity contribution in [1.82, 2.24) is 10.2 Å². The molecule has 1 aliphatic heterocycles. The second-order valence-electron chi connectivity index (χ2n) is 4.25. The fraction of sp³-hybridized carbons (Fsp3) is 0.900. The van der Waals surface area contributed by atoms with Crippen LogP contribution in [0.15, 0.2) is 0 Å². The Morgan fingerprint density at radius 2 is 2.31 bits per heavy atom. The second-order valence-corrected chi connectivity index (χ2v) is 4.25. The lowest BCUT2D eigenvalue weighted by Crippen LogP contribution is -2.52. The van der Waals surface area contributed by atoms with Gasteiger partial charge in [0.1, 0.15) is 0 Å². The second kappa shape index (κ2) is 4.61. The summed E-state index contributed by atoms with van der Waals surface area (Å²) in [5.41, 5.74) is 0. The summed E-state index contributed by atoms with van der Waals surface area (Å²) in [6.07, 6.45) is 1.16. The van der Waals surface area contributed by atoms with Crippen molar-refractivity contribution in [3.63, 3.8) is 0 Å². The summed E-state index contributed by atoms with van der Waals surface area (Å²) in [6.45, 7) is 8.77. The first-order valence-electron chi connectivity index (χ1n) is 5.08. The van der Waals surface area contributed by atoms with Gasteiger partial charge in [-0.05, 0) is 12.3 Å². The van der Waals surface area contributed by atoms with Crippen LogP contribution in [-0.2, 0) is 4.79 Å². The molecule has 1 amide bonds. The van der Waals surface area contributed by atoms with Crippen molar-refractivity contribution in [2.24, 2.45) is 5.92 Å². The Balaban J connectivity index is 2.37. The number of nitrogens with zero attached hydrogens (tertiary/aromatic N) is 1. The van der Waals surface area contributed by atoms with Gasteiger partial charge in [-0.15, -0.1) is 0 Å². The Morgan fingerprint density at radius 1 is 1.62 bits per heavy atom. The van der Waals surface area contributed by atoms with E-state index in [1.54, 1.807) is 6.92 Å². The number of nitrogens with one attached hydrogen (secondary N) is 1. The summed E-state index contributed by atoms with van der Waals surface area (Å²) in [5, 5.41) is 3.44. The van der Waals surface area contributed by atoms with Crippen LogP contribution in [0.3, 0.4) is 0 Å². The van der Waals surface area contributed by atoms with Crippen LogP contribution in [-0.4, -0.2) is 36.5 Å². The lowest BCUT2D eigenvalue weighted by molar-refractivity contribution is -0.130. The minimum atomic E-state index is 0.204. The SMILES string of the molecule is CC(=O)N1CCN[C@@H](CC(C)C)C1. The number of carbonyl (C=O) groups is 1. The van der Waals surface area contributed by atoms with Crippen LogP contribution in [0.25, 0.3) is 0 Å². The zero-order chi connectivity index (χ0) is 9.84. The molecule has 3 heteroatoms. The minimum Gasteiger partial charge on any atom is -0.340 e. The van der Waals surface area contributed by atoms with Crippen molar-refractivity contribution < 1.29 is 4.79 Å². The molecule has 0 aromatic heterocycles. The fourth-order valence-electron chi connectivity index (χ4n) is 1.84. The normalized spacial score (nSPS) is 23.7. The molecule has 1 saturated heterocycles. The molecule has 0 aliphatic carbocycles. The molecule has 1 N–H and O–H groups in total. The van der Waals surface area contributed by atoms with Gasteiger partial charge in [0.25, 0.3) is 0 Å². The van der Waals surface area contributed by atoms with Gasteiger partial charge in [0.15, 0.2) is 0 Å². The Bertz CT molecular complexity index is 180. The number of carbonyl (C=O) groups excluding carboxylic acids is 1. The summed E-state index contributed by atoms with van der Waals surface area (Å²) in [4.78, 5) is 13.1. The van der Waals surface area contributed by atoms with Gasteiger partial charge in [-0.25, -0.2) is 0 Å². The van der Waals surface area contributed by atoms with Gasteiger partial charge in [-0.1, -0.05) is 13.8 Å². The molecular weight excluding hydrogens is 164 g/mol. The predicted molar refractivity (Wildman–Crippen MR) is 53.5 cm³/mol. The van der Waals surface area contributed by atoms with Crippen molar-refractivity contribution >= 4 is 5.91 Å². The first-order chi connectivity index (χ1) is 6.09. The molecule has 0 saturated carbocycles. The smallest absolute Gasteiger partial charge is 0.219 e. The predicted octanol–water partition coefficient (Wildman–Crippen LogP) is 0.853. The van der Waals surface area contributed by atoms with Crippen molar-refractivity contribution in [1.29, 1.82) is 0 Å². The van der Waals surface area contributed by atoms with Crippen molar-refractivity contribution in [2.45, 2.75) is 33.2 Å². The molecule has 1 heterocycles. The zero-order valence-corrected chi connectivity index (χ0v) is 8.84. The van der Waals surface area contributed by atoms with E-state index < -0.39 is 0 Å². The lowest BCUT2D eigenvalue weighted by atomic mass is 10.0. The molecule has 1 fully saturated rings. The maximum Gasteiger partial charge on any atom is 0.219 e. The van der Waals surface area contributed by atoms with Gasteiger partial charge in [-0.3, -0.25) is 4.79 Å². The molecule has 1 atom stereocenters. The van der Waals surface area contributed by atoms with Gasteiger partial charge in [0.2, 0.25) is 5.91 Å². The van der Waals surface area contributed by atoms with E-state index in [2.05, 4.69) is 19.2 Å². The number of rotatable bonds is 2. The van der Waals surface area contributed by atoms with Gasteiger partial charge < -0.3 is 10.2 Å². The molecule has 76 valence electrons. The van der Waals surface area contributed by atoms with E-state index in [1.165, 1.54) is 0 Å². The summed E-state index contributed by atoms with van der Waals surface area (Å²) >= 11 is 0. The molecule has 0 radical (unpaired) electrons. The molecule has 1 aliphatic rings.